The zero-order valence-corrected chi connectivity index (χ0v) is 22.4. The number of nitro benzene ring substituents is 1. The quantitative estimate of drug-likeness (QED) is 0.232. The highest BCUT2D eigenvalue weighted by Crippen LogP contribution is 2.57. The number of amides is 2. The van der Waals surface area contributed by atoms with Gasteiger partial charge in [-0.05, 0) is 30.2 Å². The number of imide groups is 1. The van der Waals surface area contributed by atoms with E-state index in [2.05, 4.69) is 5.32 Å². The van der Waals surface area contributed by atoms with Gasteiger partial charge in [0.2, 0.25) is 11.8 Å². The summed E-state index contributed by atoms with van der Waals surface area (Å²) in [7, 11) is 1.33. The number of benzene rings is 3. The molecule has 0 unspecified atom stereocenters. The molecule has 11 nitrogen and oxygen atoms in total. The summed E-state index contributed by atoms with van der Waals surface area (Å²) in [5, 5.41) is 15.5. The Morgan fingerprint density at radius 2 is 1.73 bits per heavy atom. The normalized spacial score (nSPS) is 24.3. The Labute approximate surface area is 233 Å². The lowest BCUT2D eigenvalue weighted by Crippen LogP contribution is -2.51. The Balaban J connectivity index is 1.50. The predicted molar refractivity (Wildman–Crippen MR) is 149 cm³/mol. The maximum absolute atomic E-state index is 14.5. The summed E-state index contributed by atoms with van der Waals surface area (Å²) < 4.78 is 6.96. The number of nitro groups is 1. The van der Waals surface area contributed by atoms with Crippen molar-refractivity contribution in [2.24, 2.45) is 17.8 Å². The van der Waals surface area contributed by atoms with Gasteiger partial charge in [0.25, 0.3) is 11.2 Å². The molecule has 1 aromatic heterocycles. The second-order valence-electron chi connectivity index (χ2n) is 11.0. The van der Waals surface area contributed by atoms with E-state index in [-0.39, 0.29) is 28.6 Å². The van der Waals surface area contributed by atoms with Crippen LogP contribution in [0.25, 0.3) is 16.6 Å². The first-order chi connectivity index (χ1) is 19.7. The average molecular weight is 552 g/mol. The summed E-state index contributed by atoms with van der Waals surface area (Å²) in [6, 6.07) is 17.8. The number of carbonyl (C=O) groups is 2. The zero-order chi connectivity index (χ0) is 28.8. The number of rotatable bonds is 4. The van der Waals surface area contributed by atoms with E-state index < -0.39 is 40.2 Å². The minimum atomic E-state index is -1.27. The van der Waals surface area contributed by atoms with E-state index in [0.29, 0.717) is 28.0 Å². The Morgan fingerprint density at radius 1 is 1.00 bits per heavy atom. The predicted octanol–water partition coefficient (Wildman–Crippen LogP) is 3.29. The Kier molecular flexibility index (Phi) is 5.23. The molecular formula is C30H25N5O6. The molecule has 2 saturated heterocycles. The van der Waals surface area contributed by atoms with Crippen LogP contribution in [0.15, 0.2) is 71.5 Å². The molecule has 3 aromatic carbocycles. The van der Waals surface area contributed by atoms with Gasteiger partial charge in [-0.3, -0.25) is 34.4 Å². The van der Waals surface area contributed by atoms with E-state index in [1.807, 2.05) is 38.1 Å². The minimum Gasteiger partial charge on any atom is -0.494 e. The summed E-state index contributed by atoms with van der Waals surface area (Å²) >= 11 is 0. The SMILES string of the molecule is COc1cc([N+](=O)[O-])ccc1N1C(=O)[C@H]2[C@@H](C1=O)[C@]1(N[C@H]2C(C)C)c2ccccc2-n2c1nc1ccccc1c2=O. The average Bonchev–Trinajstić information content (AvgIpc) is 3.56. The molecule has 41 heavy (non-hydrogen) atoms. The van der Waals surface area contributed by atoms with Crippen LogP contribution in [0.4, 0.5) is 11.4 Å². The van der Waals surface area contributed by atoms with E-state index in [4.69, 9.17) is 9.72 Å². The van der Waals surface area contributed by atoms with Crippen molar-refractivity contribution >= 4 is 34.1 Å². The molecule has 11 heteroatoms. The molecule has 0 bridgehead atoms. The number of aromatic nitrogens is 2. The number of para-hydroxylation sites is 2. The Hall–Kier alpha value is -4.90. The van der Waals surface area contributed by atoms with Gasteiger partial charge >= 0.3 is 0 Å². The van der Waals surface area contributed by atoms with E-state index in [1.165, 1.54) is 25.3 Å². The molecular weight excluding hydrogens is 526 g/mol. The molecule has 3 aliphatic heterocycles. The molecule has 7 rings (SSSR count). The summed E-state index contributed by atoms with van der Waals surface area (Å²) in [4.78, 5) is 59.5. The van der Waals surface area contributed by atoms with Crippen LogP contribution >= 0.6 is 0 Å². The lowest BCUT2D eigenvalue weighted by Gasteiger charge is -2.32. The van der Waals surface area contributed by atoms with E-state index in [9.17, 15) is 24.5 Å². The van der Waals surface area contributed by atoms with Crippen LogP contribution in [0.3, 0.4) is 0 Å². The summed E-state index contributed by atoms with van der Waals surface area (Å²) in [6.45, 7) is 3.95. The third kappa shape index (κ3) is 3.12. The molecule has 4 atom stereocenters. The molecule has 1 spiro atoms. The van der Waals surface area contributed by atoms with Gasteiger partial charge in [-0.25, -0.2) is 9.88 Å². The van der Waals surface area contributed by atoms with E-state index >= 15 is 0 Å². The van der Waals surface area contributed by atoms with E-state index in [0.717, 1.165) is 4.90 Å². The number of hydrogen-bond acceptors (Lipinski definition) is 8. The lowest BCUT2D eigenvalue weighted by atomic mass is 9.75. The van der Waals surface area contributed by atoms with Gasteiger partial charge in [-0.2, -0.15) is 0 Å². The van der Waals surface area contributed by atoms with Crippen LogP contribution in [-0.2, 0) is 15.1 Å². The van der Waals surface area contributed by atoms with Crippen LogP contribution in [0, 0.1) is 27.9 Å². The van der Waals surface area contributed by atoms with Crippen molar-refractivity contribution in [1.29, 1.82) is 0 Å². The van der Waals surface area contributed by atoms with Crippen molar-refractivity contribution in [3.8, 4) is 11.4 Å². The Bertz CT molecular complexity index is 1880. The zero-order valence-electron chi connectivity index (χ0n) is 22.4. The first kappa shape index (κ1) is 25.1. The molecule has 2 fully saturated rings. The smallest absolute Gasteiger partial charge is 0.273 e. The second kappa shape index (κ2) is 8.55. The van der Waals surface area contributed by atoms with Crippen LogP contribution < -0.4 is 20.5 Å². The standard InChI is InChI=1S/C30H25N5O6/c1-15(2)25-23-24(28(38)33(27(23)37)21-13-12-16(35(39)40)14-22(21)41-3)30(32-25)18-9-5-7-11-20(18)34-26(36)17-8-4-6-10-19(17)31-29(30)34/h4-15,23-25,32H,1-3H3/t23-,24-,25-,30+/m0/s1. The Morgan fingerprint density at radius 3 is 2.46 bits per heavy atom. The van der Waals surface area contributed by atoms with Crippen LogP contribution in [0.1, 0.15) is 25.2 Å². The van der Waals surface area contributed by atoms with Gasteiger partial charge in [0.1, 0.15) is 17.1 Å². The van der Waals surface area contributed by atoms with Crippen LogP contribution in [0.5, 0.6) is 5.75 Å². The fourth-order valence-corrected chi connectivity index (χ4v) is 6.93. The molecule has 0 saturated carbocycles. The number of carbonyl (C=O) groups excluding carboxylic acids is 2. The number of nitrogens with zero attached hydrogens (tertiary/aromatic N) is 4. The summed E-state index contributed by atoms with van der Waals surface area (Å²) in [5.74, 6) is -2.32. The number of anilines is 1. The van der Waals surface area contributed by atoms with Gasteiger partial charge in [0, 0.05) is 17.7 Å². The maximum atomic E-state index is 14.5. The topological polar surface area (TPSA) is 137 Å². The molecule has 0 aliphatic carbocycles. The van der Waals surface area contributed by atoms with Crippen LogP contribution in [0.2, 0.25) is 0 Å². The molecule has 2 amide bonds. The third-order valence-electron chi connectivity index (χ3n) is 8.63. The number of nitrogens with one attached hydrogen (secondary N) is 1. The third-order valence-corrected chi connectivity index (χ3v) is 8.63. The number of fused-ring (bicyclic) bond motifs is 8. The van der Waals surface area contributed by atoms with Crippen molar-refractivity contribution in [3.05, 3.63) is 98.6 Å². The summed E-state index contributed by atoms with van der Waals surface area (Å²) in [5.41, 5.74) is 0.173. The first-order valence-electron chi connectivity index (χ1n) is 13.3. The molecule has 4 aromatic rings. The molecule has 1 N–H and O–H groups in total. The van der Waals surface area contributed by atoms with Gasteiger partial charge in [-0.15, -0.1) is 0 Å². The highest BCUT2D eigenvalue weighted by molar-refractivity contribution is 6.24. The highest BCUT2D eigenvalue weighted by Gasteiger charge is 2.70. The van der Waals surface area contributed by atoms with E-state index in [1.54, 1.807) is 28.8 Å². The van der Waals surface area contributed by atoms with Crippen molar-refractivity contribution in [2.75, 3.05) is 12.0 Å². The number of ether oxygens (including phenoxy) is 1. The maximum Gasteiger partial charge on any atom is 0.273 e. The molecule has 3 aliphatic rings. The number of methoxy groups -OCH3 is 1. The molecule has 0 radical (unpaired) electrons. The van der Waals surface area contributed by atoms with Crippen molar-refractivity contribution in [3.63, 3.8) is 0 Å². The molecule has 4 heterocycles. The van der Waals surface area contributed by atoms with Gasteiger partial charge < -0.3 is 4.74 Å². The summed E-state index contributed by atoms with van der Waals surface area (Å²) in [6.07, 6.45) is 0. The van der Waals surface area contributed by atoms with Gasteiger partial charge in [0.15, 0.2) is 0 Å². The largest absolute Gasteiger partial charge is 0.494 e. The fourth-order valence-electron chi connectivity index (χ4n) is 6.93. The number of hydrogen-bond donors (Lipinski definition) is 1. The van der Waals surface area contributed by atoms with Crippen molar-refractivity contribution in [1.82, 2.24) is 14.9 Å². The molecule has 206 valence electrons. The van der Waals surface area contributed by atoms with Gasteiger partial charge in [-0.1, -0.05) is 44.2 Å². The first-order valence-corrected chi connectivity index (χ1v) is 13.3. The van der Waals surface area contributed by atoms with Crippen LogP contribution in [-0.4, -0.2) is 39.4 Å². The monoisotopic (exact) mass is 551 g/mol. The fraction of sp³-hybridized carbons (Fsp3) is 0.267. The van der Waals surface area contributed by atoms with Crippen molar-refractivity contribution in [2.45, 2.75) is 25.4 Å². The van der Waals surface area contributed by atoms with Gasteiger partial charge in [0.05, 0.1) is 52.2 Å². The minimum absolute atomic E-state index is 0.0385. The second-order valence-corrected chi connectivity index (χ2v) is 11.0. The van der Waals surface area contributed by atoms with Crippen molar-refractivity contribution < 1.29 is 19.2 Å². The highest BCUT2D eigenvalue weighted by atomic mass is 16.6. The number of non-ortho nitro benzene ring substituents is 1. The lowest BCUT2D eigenvalue weighted by molar-refractivity contribution is -0.384.